The summed E-state index contributed by atoms with van der Waals surface area (Å²) in [6.45, 7) is 0. The van der Waals surface area contributed by atoms with Gasteiger partial charge in [0.2, 0.25) is 0 Å². The van der Waals surface area contributed by atoms with Gasteiger partial charge in [-0.25, -0.2) is 0 Å². The van der Waals surface area contributed by atoms with Crippen molar-refractivity contribution in [1.82, 2.24) is 0 Å². The Balaban J connectivity index is 2.57. The molecule has 0 amide bonds. The van der Waals surface area contributed by atoms with Crippen LogP contribution in [0.5, 0.6) is 0 Å². The molecule has 0 bridgehead atoms. The SMILES string of the molecule is N[SH]1(=O)CCCC1. The van der Waals surface area contributed by atoms with Crippen LogP contribution in [0.1, 0.15) is 12.8 Å². The van der Waals surface area contributed by atoms with E-state index in [1.165, 1.54) is 0 Å². The topological polar surface area (TPSA) is 43.1 Å². The highest BCUT2D eigenvalue weighted by Gasteiger charge is 2.14. The molecule has 0 aromatic heterocycles. The van der Waals surface area contributed by atoms with Gasteiger partial charge < -0.3 is 0 Å². The zero-order chi connectivity index (χ0) is 5.33. The van der Waals surface area contributed by atoms with Gasteiger partial charge in [-0.1, -0.05) is 10.1 Å². The predicted octanol–water partition coefficient (Wildman–Crippen LogP) is -0.329. The van der Waals surface area contributed by atoms with Crippen LogP contribution in [-0.4, -0.2) is 15.7 Å². The van der Waals surface area contributed by atoms with E-state index in [-0.39, 0.29) is 0 Å². The maximum Gasteiger partial charge on any atom is 0.0126 e. The van der Waals surface area contributed by atoms with Crippen LogP contribution in [0.2, 0.25) is 0 Å². The first-order valence-corrected chi connectivity index (χ1v) is 4.72. The number of nitrogens with two attached hydrogens (primary N) is 1. The molecule has 1 saturated heterocycles. The average Bonchev–Trinajstić information content (AvgIpc) is 1.84. The van der Waals surface area contributed by atoms with E-state index in [4.69, 9.17) is 5.14 Å². The second-order valence-electron chi connectivity index (χ2n) is 2.11. The minimum atomic E-state index is -2.04. The lowest BCUT2D eigenvalue weighted by molar-refractivity contribution is 0.676. The van der Waals surface area contributed by atoms with Crippen LogP contribution in [0.25, 0.3) is 0 Å². The molecule has 2 nitrogen and oxygen atoms in total. The molecule has 1 heterocycles. The highest BCUT2D eigenvalue weighted by atomic mass is 32.3. The Kier molecular flexibility index (Phi) is 1.17. The quantitative estimate of drug-likeness (QED) is 0.423. The summed E-state index contributed by atoms with van der Waals surface area (Å²) in [5.74, 6) is 1.57. The first kappa shape index (κ1) is 5.25. The van der Waals surface area contributed by atoms with Gasteiger partial charge >= 0.3 is 0 Å². The van der Waals surface area contributed by atoms with Crippen molar-refractivity contribution in [3.63, 3.8) is 0 Å². The number of rotatable bonds is 0. The van der Waals surface area contributed by atoms with Gasteiger partial charge in [0.25, 0.3) is 0 Å². The molecule has 0 saturated carbocycles. The van der Waals surface area contributed by atoms with Crippen LogP contribution in [0.3, 0.4) is 0 Å². The summed E-state index contributed by atoms with van der Waals surface area (Å²) in [5, 5.41) is 5.33. The Bertz CT molecular complexity index is 102. The zero-order valence-electron chi connectivity index (χ0n) is 4.26. The summed E-state index contributed by atoms with van der Waals surface area (Å²) in [5.41, 5.74) is 0. The molecular formula is C4H11NOS. The third kappa shape index (κ3) is 1.24. The molecule has 1 rings (SSSR count). The Morgan fingerprint density at radius 2 is 1.71 bits per heavy atom. The van der Waals surface area contributed by atoms with Crippen LogP contribution in [0, 0.1) is 0 Å². The lowest BCUT2D eigenvalue weighted by atomic mass is 10.4. The van der Waals surface area contributed by atoms with Crippen molar-refractivity contribution in [2.45, 2.75) is 12.8 Å². The predicted molar refractivity (Wildman–Crippen MR) is 32.7 cm³/mol. The Morgan fingerprint density at radius 3 is 1.86 bits per heavy atom. The van der Waals surface area contributed by atoms with Gasteiger partial charge in [0.1, 0.15) is 0 Å². The van der Waals surface area contributed by atoms with Crippen LogP contribution in [-0.2, 0) is 10.1 Å². The molecule has 44 valence electrons. The Labute approximate surface area is 44.6 Å². The van der Waals surface area contributed by atoms with E-state index in [9.17, 15) is 4.21 Å². The molecule has 2 N–H and O–H groups in total. The molecule has 0 aliphatic carbocycles. The van der Waals surface area contributed by atoms with Crippen molar-refractivity contribution in [2.24, 2.45) is 5.14 Å². The first-order valence-electron chi connectivity index (χ1n) is 2.57. The fraction of sp³-hybridized carbons (Fsp3) is 1.00. The molecule has 1 aliphatic rings. The van der Waals surface area contributed by atoms with Gasteiger partial charge in [-0.05, 0) is 12.8 Å². The molecule has 0 aromatic carbocycles. The minimum Gasteiger partial charge on any atom is -0.274 e. The van der Waals surface area contributed by atoms with Crippen LogP contribution in [0.4, 0.5) is 0 Å². The van der Waals surface area contributed by atoms with Crippen molar-refractivity contribution in [3.05, 3.63) is 0 Å². The first-order chi connectivity index (χ1) is 3.21. The van der Waals surface area contributed by atoms with Crippen molar-refractivity contribution >= 4 is 10.1 Å². The van der Waals surface area contributed by atoms with Crippen LogP contribution < -0.4 is 5.14 Å². The van der Waals surface area contributed by atoms with Gasteiger partial charge in [0.05, 0.1) is 0 Å². The molecular weight excluding hydrogens is 110 g/mol. The van der Waals surface area contributed by atoms with E-state index in [0.29, 0.717) is 0 Å². The third-order valence-electron chi connectivity index (χ3n) is 1.32. The number of hydrogen-bond acceptors (Lipinski definition) is 1. The summed E-state index contributed by atoms with van der Waals surface area (Å²) in [6, 6.07) is 0. The normalized spacial score (nSPS) is 32.7. The summed E-state index contributed by atoms with van der Waals surface area (Å²) in [7, 11) is -2.04. The fourth-order valence-corrected chi connectivity index (χ4v) is 2.61. The molecule has 0 atom stereocenters. The van der Waals surface area contributed by atoms with Gasteiger partial charge in [-0.3, -0.25) is 9.35 Å². The summed E-state index contributed by atoms with van der Waals surface area (Å²) in [6.07, 6.45) is 2.15. The second kappa shape index (κ2) is 1.56. The number of thiol groups is 1. The molecule has 0 radical (unpaired) electrons. The van der Waals surface area contributed by atoms with Crippen molar-refractivity contribution in [1.29, 1.82) is 0 Å². The van der Waals surface area contributed by atoms with E-state index in [0.717, 1.165) is 24.3 Å². The van der Waals surface area contributed by atoms with E-state index in [1.807, 2.05) is 0 Å². The molecule has 7 heavy (non-hydrogen) atoms. The Morgan fingerprint density at radius 1 is 1.29 bits per heavy atom. The highest BCUT2D eigenvalue weighted by molar-refractivity contribution is 8.01. The van der Waals surface area contributed by atoms with E-state index < -0.39 is 10.1 Å². The monoisotopic (exact) mass is 121 g/mol. The smallest absolute Gasteiger partial charge is 0.0126 e. The minimum absolute atomic E-state index is 0.785. The molecule has 0 aromatic rings. The highest BCUT2D eigenvalue weighted by Crippen LogP contribution is 2.11. The number of hydrogen-bond donors (Lipinski definition) is 2. The molecule has 0 unspecified atom stereocenters. The molecule has 1 aliphatic heterocycles. The van der Waals surface area contributed by atoms with E-state index in [2.05, 4.69) is 0 Å². The van der Waals surface area contributed by atoms with Gasteiger partial charge in [-0.15, -0.1) is 0 Å². The van der Waals surface area contributed by atoms with Gasteiger partial charge in [-0.2, -0.15) is 0 Å². The van der Waals surface area contributed by atoms with Gasteiger partial charge in [0.15, 0.2) is 0 Å². The van der Waals surface area contributed by atoms with Crippen LogP contribution in [0.15, 0.2) is 0 Å². The average molecular weight is 121 g/mol. The molecule has 0 spiro atoms. The van der Waals surface area contributed by atoms with E-state index >= 15 is 0 Å². The van der Waals surface area contributed by atoms with Crippen molar-refractivity contribution < 1.29 is 4.21 Å². The molecule has 1 fully saturated rings. The van der Waals surface area contributed by atoms with Crippen molar-refractivity contribution in [3.8, 4) is 0 Å². The Hall–Kier alpha value is 0.110. The van der Waals surface area contributed by atoms with E-state index in [1.54, 1.807) is 0 Å². The largest absolute Gasteiger partial charge is 0.274 e. The second-order valence-corrected chi connectivity index (χ2v) is 4.91. The fourth-order valence-electron chi connectivity index (χ4n) is 0.871. The summed E-state index contributed by atoms with van der Waals surface area (Å²) in [4.78, 5) is 0. The molecule has 3 heteroatoms. The zero-order valence-corrected chi connectivity index (χ0v) is 5.16. The maximum absolute atomic E-state index is 10.8. The maximum atomic E-state index is 10.8. The van der Waals surface area contributed by atoms with Gasteiger partial charge in [0, 0.05) is 11.5 Å². The summed E-state index contributed by atoms with van der Waals surface area (Å²) < 4.78 is 10.8. The lowest BCUT2D eigenvalue weighted by Gasteiger charge is -2.05. The lowest BCUT2D eigenvalue weighted by Crippen LogP contribution is -2.24. The standard InChI is InChI=1S/C4H11NOS/c5-7(6)3-1-2-4-7/h7H,1-4H2,(H2,5,6). The summed E-state index contributed by atoms with van der Waals surface area (Å²) >= 11 is 0. The van der Waals surface area contributed by atoms with Crippen molar-refractivity contribution in [2.75, 3.05) is 11.5 Å². The third-order valence-corrected chi connectivity index (χ3v) is 3.47. The van der Waals surface area contributed by atoms with Crippen LogP contribution >= 0.6 is 0 Å².